The zero-order valence-corrected chi connectivity index (χ0v) is 11.6. The first-order chi connectivity index (χ1) is 11.0. The second-order valence-electron chi connectivity index (χ2n) is 4.70. The summed E-state index contributed by atoms with van der Waals surface area (Å²) in [5, 5.41) is 5.94. The third-order valence-corrected chi connectivity index (χ3v) is 3.14. The van der Waals surface area contributed by atoms with Crippen LogP contribution in [0.25, 0.3) is 10.9 Å². The van der Waals surface area contributed by atoms with Crippen molar-refractivity contribution in [1.29, 1.82) is 0 Å². The molecular formula is C14H10F2N4O3. The summed E-state index contributed by atoms with van der Waals surface area (Å²) in [6.07, 6.45) is 1.42. The Bertz CT molecular complexity index is 935. The molecule has 0 saturated heterocycles. The Morgan fingerprint density at radius 1 is 1.30 bits per heavy atom. The summed E-state index contributed by atoms with van der Waals surface area (Å²) in [4.78, 5) is 28.9. The van der Waals surface area contributed by atoms with Crippen molar-refractivity contribution in [2.75, 3.05) is 6.54 Å². The molecule has 0 aliphatic heterocycles. The van der Waals surface area contributed by atoms with Crippen molar-refractivity contribution >= 4 is 16.8 Å². The highest BCUT2D eigenvalue weighted by molar-refractivity contribution is 5.97. The van der Waals surface area contributed by atoms with E-state index in [-0.39, 0.29) is 29.4 Å². The fraction of sp³-hybridized carbons (Fsp3) is 0.143. The Morgan fingerprint density at radius 2 is 2.09 bits per heavy atom. The summed E-state index contributed by atoms with van der Waals surface area (Å²) in [7, 11) is 0. The number of nitrogens with one attached hydrogen (secondary N) is 2. The molecule has 0 fully saturated rings. The normalized spacial score (nSPS) is 10.9. The molecular weight excluding hydrogens is 310 g/mol. The average molecular weight is 320 g/mol. The number of aromatic nitrogens is 3. The molecule has 0 aliphatic carbocycles. The molecule has 3 rings (SSSR count). The van der Waals surface area contributed by atoms with Gasteiger partial charge in [-0.2, -0.15) is 0 Å². The molecule has 118 valence electrons. The summed E-state index contributed by atoms with van der Waals surface area (Å²) >= 11 is 0. The van der Waals surface area contributed by atoms with Gasteiger partial charge in [0.1, 0.15) is 17.2 Å². The van der Waals surface area contributed by atoms with Crippen LogP contribution in [0.4, 0.5) is 8.78 Å². The summed E-state index contributed by atoms with van der Waals surface area (Å²) in [5.74, 6) is -2.22. The molecule has 23 heavy (non-hydrogen) atoms. The van der Waals surface area contributed by atoms with Crippen molar-refractivity contribution in [3.8, 4) is 0 Å². The molecule has 9 heteroatoms. The number of halogens is 2. The lowest BCUT2D eigenvalue weighted by molar-refractivity contribution is 0.0953. The number of H-pyrrole nitrogens is 1. The molecule has 0 bridgehead atoms. The SMILES string of the molecule is O=C(NCCc1noc(=O)[nH]1)c1cnc2c(F)ccc(F)c2c1. The molecule has 7 nitrogen and oxygen atoms in total. The zero-order chi connectivity index (χ0) is 16.4. The number of hydrogen-bond donors (Lipinski definition) is 2. The van der Waals surface area contributed by atoms with E-state index < -0.39 is 23.3 Å². The number of fused-ring (bicyclic) bond motifs is 1. The molecule has 2 aromatic heterocycles. The van der Waals surface area contributed by atoms with Crippen LogP contribution in [0, 0.1) is 11.6 Å². The number of carbonyl (C=O) groups excluding carboxylic acids is 1. The highest BCUT2D eigenvalue weighted by Crippen LogP contribution is 2.20. The van der Waals surface area contributed by atoms with Crippen LogP contribution in [0.5, 0.6) is 0 Å². The van der Waals surface area contributed by atoms with Crippen LogP contribution < -0.4 is 11.1 Å². The monoisotopic (exact) mass is 320 g/mol. The Hall–Kier alpha value is -3.10. The molecule has 2 N–H and O–H groups in total. The Morgan fingerprint density at radius 3 is 2.83 bits per heavy atom. The van der Waals surface area contributed by atoms with Crippen molar-refractivity contribution in [3.05, 3.63) is 58.0 Å². The third-order valence-electron chi connectivity index (χ3n) is 3.14. The third kappa shape index (κ3) is 3.07. The maximum atomic E-state index is 13.7. The van der Waals surface area contributed by atoms with Crippen LogP contribution in [0.1, 0.15) is 16.2 Å². The first-order valence-electron chi connectivity index (χ1n) is 6.61. The van der Waals surface area contributed by atoms with E-state index in [4.69, 9.17) is 0 Å². The van der Waals surface area contributed by atoms with E-state index >= 15 is 0 Å². The van der Waals surface area contributed by atoms with Crippen molar-refractivity contribution < 1.29 is 18.1 Å². The number of nitrogens with zero attached hydrogens (tertiary/aromatic N) is 2. The van der Waals surface area contributed by atoms with E-state index in [9.17, 15) is 18.4 Å². The highest BCUT2D eigenvalue weighted by Gasteiger charge is 2.12. The number of rotatable bonds is 4. The molecule has 3 aromatic rings. The number of aromatic amines is 1. The summed E-state index contributed by atoms with van der Waals surface area (Å²) < 4.78 is 31.5. The van der Waals surface area contributed by atoms with E-state index in [2.05, 4.69) is 25.0 Å². The number of hydrogen-bond acceptors (Lipinski definition) is 5. The molecule has 0 radical (unpaired) electrons. The number of benzene rings is 1. The van der Waals surface area contributed by atoms with Gasteiger partial charge in [0, 0.05) is 24.5 Å². The predicted octanol–water partition coefficient (Wildman–Crippen LogP) is 1.16. The van der Waals surface area contributed by atoms with Gasteiger partial charge < -0.3 is 5.32 Å². The first-order valence-corrected chi connectivity index (χ1v) is 6.61. The van der Waals surface area contributed by atoms with Gasteiger partial charge in [-0.15, -0.1) is 0 Å². The van der Waals surface area contributed by atoms with Gasteiger partial charge in [0.15, 0.2) is 5.82 Å². The van der Waals surface area contributed by atoms with Crippen molar-refractivity contribution in [3.63, 3.8) is 0 Å². The molecule has 0 saturated carbocycles. The largest absolute Gasteiger partial charge is 0.438 e. The van der Waals surface area contributed by atoms with Gasteiger partial charge in [-0.25, -0.2) is 13.6 Å². The van der Waals surface area contributed by atoms with E-state index in [1.165, 1.54) is 6.07 Å². The highest BCUT2D eigenvalue weighted by atomic mass is 19.1. The summed E-state index contributed by atoms with van der Waals surface area (Å²) in [6.45, 7) is 0.172. The second-order valence-corrected chi connectivity index (χ2v) is 4.70. The number of amides is 1. The van der Waals surface area contributed by atoms with Crippen molar-refractivity contribution in [2.24, 2.45) is 0 Å². The molecule has 0 atom stereocenters. The average Bonchev–Trinajstić information content (AvgIpc) is 2.96. The Balaban J connectivity index is 1.73. The fourth-order valence-electron chi connectivity index (χ4n) is 2.04. The van der Waals surface area contributed by atoms with Crippen molar-refractivity contribution in [1.82, 2.24) is 20.4 Å². The van der Waals surface area contributed by atoms with Crippen LogP contribution in [0.15, 0.2) is 33.7 Å². The molecule has 1 amide bonds. The van der Waals surface area contributed by atoms with Crippen molar-refractivity contribution in [2.45, 2.75) is 6.42 Å². The van der Waals surface area contributed by atoms with Gasteiger partial charge in [-0.3, -0.25) is 19.3 Å². The van der Waals surface area contributed by atoms with Gasteiger partial charge in [-0.05, 0) is 18.2 Å². The first kappa shape index (κ1) is 14.8. The standard InChI is InChI=1S/C14H10F2N4O3/c15-9-1-2-10(16)12-8(9)5-7(6-18-12)13(21)17-4-3-11-19-14(22)23-20-11/h1-2,5-6H,3-4H2,(H,17,21)(H,19,20,22). The molecule has 1 aromatic carbocycles. The van der Waals surface area contributed by atoms with Crippen LogP contribution in [-0.2, 0) is 6.42 Å². The Labute approximate surface area is 127 Å². The maximum absolute atomic E-state index is 13.7. The topological polar surface area (TPSA) is 101 Å². The van der Waals surface area contributed by atoms with Crippen LogP contribution in [0.2, 0.25) is 0 Å². The number of carbonyl (C=O) groups is 1. The molecule has 0 aliphatic rings. The minimum absolute atomic E-state index is 0.0709. The molecule has 0 unspecified atom stereocenters. The van der Waals surface area contributed by atoms with E-state index in [0.717, 1.165) is 18.3 Å². The van der Waals surface area contributed by atoms with E-state index in [0.29, 0.717) is 5.82 Å². The number of pyridine rings is 1. The Kier molecular flexibility index (Phi) is 3.83. The van der Waals surface area contributed by atoms with Gasteiger partial charge >= 0.3 is 5.76 Å². The second kappa shape index (κ2) is 5.95. The lowest BCUT2D eigenvalue weighted by atomic mass is 10.1. The lowest BCUT2D eigenvalue weighted by Gasteiger charge is -2.06. The molecule has 2 heterocycles. The zero-order valence-electron chi connectivity index (χ0n) is 11.6. The maximum Gasteiger partial charge on any atom is 0.438 e. The summed E-state index contributed by atoms with van der Waals surface area (Å²) in [5.41, 5.74) is -0.0441. The van der Waals surface area contributed by atoms with E-state index in [1.807, 2.05) is 0 Å². The lowest BCUT2D eigenvalue weighted by Crippen LogP contribution is -2.26. The smallest absolute Gasteiger partial charge is 0.352 e. The minimum Gasteiger partial charge on any atom is -0.352 e. The van der Waals surface area contributed by atoms with Crippen LogP contribution in [-0.4, -0.2) is 27.6 Å². The predicted molar refractivity (Wildman–Crippen MR) is 74.8 cm³/mol. The van der Waals surface area contributed by atoms with Gasteiger partial charge in [0.2, 0.25) is 0 Å². The summed E-state index contributed by atoms with van der Waals surface area (Å²) in [6, 6.07) is 3.18. The van der Waals surface area contributed by atoms with Gasteiger partial charge in [0.25, 0.3) is 5.91 Å². The minimum atomic E-state index is -0.678. The van der Waals surface area contributed by atoms with Gasteiger partial charge in [-0.1, -0.05) is 5.16 Å². The van der Waals surface area contributed by atoms with Crippen LogP contribution in [0.3, 0.4) is 0 Å². The van der Waals surface area contributed by atoms with Crippen LogP contribution >= 0.6 is 0 Å². The quantitative estimate of drug-likeness (QED) is 0.751. The van der Waals surface area contributed by atoms with E-state index in [1.54, 1.807) is 0 Å². The fourth-order valence-corrected chi connectivity index (χ4v) is 2.04. The molecule has 0 spiro atoms. The van der Waals surface area contributed by atoms with Gasteiger partial charge in [0.05, 0.1) is 5.56 Å².